The summed E-state index contributed by atoms with van der Waals surface area (Å²) in [5, 5.41) is 3.66. The third-order valence-electron chi connectivity index (χ3n) is 2.89. The molecule has 1 aromatic heterocycles. The van der Waals surface area contributed by atoms with Gasteiger partial charge >= 0.3 is 5.97 Å². The number of nitrogens with zero attached hydrogens (tertiary/aromatic N) is 1. The Hall–Kier alpha value is -2.17. The number of hydrogen-bond donors (Lipinski definition) is 1. The molecule has 2 aromatic rings. The second-order valence-electron chi connectivity index (χ2n) is 4.14. The van der Waals surface area contributed by atoms with Gasteiger partial charge in [-0.05, 0) is 25.5 Å². The molecule has 4 nitrogen and oxygen atoms in total. The first-order valence-electron chi connectivity index (χ1n) is 6.02. The number of ether oxygens (including phenoxy) is 1. The Morgan fingerprint density at radius 3 is 2.84 bits per heavy atom. The van der Waals surface area contributed by atoms with E-state index in [0.29, 0.717) is 34.3 Å². The van der Waals surface area contributed by atoms with Gasteiger partial charge in [-0.1, -0.05) is 0 Å². The van der Waals surface area contributed by atoms with Crippen LogP contribution in [0.1, 0.15) is 22.8 Å². The van der Waals surface area contributed by atoms with Gasteiger partial charge in [-0.3, -0.25) is 4.98 Å². The van der Waals surface area contributed by atoms with E-state index in [1.807, 2.05) is 0 Å². The molecule has 1 heterocycles. The van der Waals surface area contributed by atoms with E-state index in [4.69, 9.17) is 4.74 Å². The Morgan fingerprint density at radius 2 is 2.21 bits per heavy atom. The number of aryl methyl sites for hydroxylation is 1. The van der Waals surface area contributed by atoms with Crippen LogP contribution >= 0.6 is 0 Å². The monoisotopic (exact) mass is 262 g/mol. The van der Waals surface area contributed by atoms with Crippen molar-refractivity contribution in [3.05, 3.63) is 35.3 Å². The second-order valence-corrected chi connectivity index (χ2v) is 4.14. The Labute approximate surface area is 110 Å². The van der Waals surface area contributed by atoms with Gasteiger partial charge in [-0.25, -0.2) is 9.18 Å². The first-order chi connectivity index (χ1) is 9.08. The highest BCUT2D eigenvalue weighted by atomic mass is 19.1. The highest BCUT2D eigenvalue weighted by Gasteiger charge is 2.16. The summed E-state index contributed by atoms with van der Waals surface area (Å²) in [4.78, 5) is 16.0. The number of carbonyl (C=O) groups is 1. The molecule has 0 unspecified atom stereocenters. The number of rotatable bonds is 3. The largest absolute Gasteiger partial charge is 0.462 e. The molecule has 1 N–H and O–H groups in total. The number of anilines is 1. The summed E-state index contributed by atoms with van der Waals surface area (Å²) in [5.74, 6) is -0.755. The molecule has 19 heavy (non-hydrogen) atoms. The van der Waals surface area contributed by atoms with Crippen LogP contribution in [0.5, 0.6) is 0 Å². The van der Waals surface area contributed by atoms with E-state index in [2.05, 4.69) is 10.3 Å². The number of benzene rings is 1. The predicted molar refractivity (Wildman–Crippen MR) is 71.9 cm³/mol. The van der Waals surface area contributed by atoms with Crippen molar-refractivity contribution < 1.29 is 13.9 Å². The third-order valence-corrected chi connectivity index (χ3v) is 2.89. The van der Waals surface area contributed by atoms with Crippen molar-refractivity contribution in [2.75, 3.05) is 19.0 Å². The number of carbonyl (C=O) groups excluding carboxylic acids is 1. The number of halogens is 1. The SMILES string of the molecule is CCOC(=O)c1cnc2cc(F)c(C)cc2c1NC. The molecule has 0 atom stereocenters. The number of nitrogens with one attached hydrogen (secondary N) is 1. The molecule has 0 amide bonds. The fraction of sp³-hybridized carbons (Fsp3) is 0.286. The summed E-state index contributed by atoms with van der Waals surface area (Å²) >= 11 is 0. The van der Waals surface area contributed by atoms with Crippen molar-refractivity contribution in [3.63, 3.8) is 0 Å². The van der Waals surface area contributed by atoms with Crippen LogP contribution in [0, 0.1) is 12.7 Å². The summed E-state index contributed by atoms with van der Waals surface area (Å²) in [6.07, 6.45) is 1.40. The maximum absolute atomic E-state index is 13.5. The Balaban J connectivity index is 2.68. The normalized spacial score (nSPS) is 10.5. The maximum Gasteiger partial charge on any atom is 0.341 e. The molecule has 0 saturated carbocycles. The van der Waals surface area contributed by atoms with Crippen LogP contribution in [-0.4, -0.2) is 24.6 Å². The molecule has 0 spiro atoms. The number of hydrogen-bond acceptors (Lipinski definition) is 4. The first-order valence-corrected chi connectivity index (χ1v) is 6.02. The van der Waals surface area contributed by atoms with Crippen molar-refractivity contribution in [1.29, 1.82) is 0 Å². The van der Waals surface area contributed by atoms with Gasteiger partial charge < -0.3 is 10.1 Å². The molecule has 1 aromatic carbocycles. The lowest BCUT2D eigenvalue weighted by molar-refractivity contribution is 0.0527. The zero-order chi connectivity index (χ0) is 14.0. The van der Waals surface area contributed by atoms with E-state index < -0.39 is 5.97 Å². The van der Waals surface area contributed by atoms with Gasteiger partial charge in [0.1, 0.15) is 11.4 Å². The second kappa shape index (κ2) is 5.22. The van der Waals surface area contributed by atoms with E-state index in [1.165, 1.54) is 12.3 Å². The van der Waals surface area contributed by atoms with Gasteiger partial charge in [0.2, 0.25) is 0 Å². The molecule has 0 aliphatic heterocycles. The average Bonchev–Trinajstić information content (AvgIpc) is 2.39. The summed E-state index contributed by atoms with van der Waals surface area (Å²) < 4.78 is 18.5. The van der Waals surface area contributed by atoms with Crippen LogP contribution in [0.2, 0.25) is 0 Å². The minimum Gasteiger partial charge on any atom is -0.462 e. The lowest BCUT2D eigenvalue weighted by atomic mass is 10.1. The smallest absolute Gasteiger partial charge is 0.341 e. The molecular formula is C14H15FN2O2. The summed E-state index contributed by atoms with van der Waals surface area (Å²) in [6.45, 7) is 3.71. The highest BCUT2D eigenvalue weighted by Crippen LogP contribution is 2.28. The van der Waals surface area contributed by atoms with Crippen LogP contribution in [0.25, 0.3) is 10.9 Å². The minimum atomic E-state index is -0.441. The lowest BCUT2D eigenvalue weighted by Crippen LogP contribution is -2.09. The molecule has 0 radical (unpaired) electrons. The van der Waals surface area contributed by atoms with Crippen LogP contribution in [-0.2, 0) is 4.74 Å². The highest BCUT2D eigenvalue weighted by molar-refractivity contribution is 6.05. The first kappa shape index (κ1) is 13.3. The summed E-state index contributed by atoms with van der Waals surface area (Å²) in [5.41, 5.74) is 1.96. The zero-order valence-electron chi connectivity index (χ0n) is 11.1. The van der Waals surface area contributed by atoms with Gasteiger partial charge in [0, 0.05) is 24.7 Å². The minimum absolute atomic E-state index is 0.294. The average molecular weight is 262 g/mol. The van der Waals surface area contributed by atoms with Gasteiger partial charge in [0.25, 0.3) is 0 Å². The number of pyridine rings is 1. The van der Waals surface area contributed by atoms with Crippen LogP contribution in [0.15, 0.2) is 18.3 Å². The van der Waals surface area contributed by atoms with Crippen molar-refractivity contribution >= 4 is 22.6 Å². The number of fused-ring (bicyclic) bond motifs is 1. The Bertz CT molecular complexity index is 641. The van der Waals surface area contributed by atoms with Crippen LogP contribution < -0.4 is 5.32 Å². The van der Waals surface area contributed by atoms with E-state index in [0.717, 1.165) is 0 Å². The Morgan fingerprint density at radius 1 is 1.47 bits per heavy atom. The molecule has 0 aliphatic carbocycles. The van der Waals surface area contributed by atoms with Gasteiger partial charge in [-0.2, -0.15) is 0 Å². The van der Waals surface area contributed by atoms with Crippen molar-refractivity contribution in [1.82, 2.24) is 4.98 Å². The molecule has 100 valence electrons. The zero-order valence-corrected chi connectivity index (χ0v) is 11.1. The van der Waals surface area contributed by atoms with Crippen molar-refractivity contribution in [2.24, 2.45) is 0 Å². The molecular weight excluding hydrogens is 247 g/mol. The fourth-order valence-corrected chi connectivity index (χ4v) is 1.95. The van der Waals surface area contributed by atoms with E-state index in [-0.39, 0.29) is 5.82 Å². The quantitative estimate of drug-likeness (QED) is 0.864. The molecule has 0 aliphatic rings. The third kappa shape index (κ3) is 2.36. The fourth-order valence-electron chi connectivity index (χ4n) is 1.95. The maximum atomic E-state index is 13.5. The van der Waals surface area contributed by atoms with Gasteiger partial charge in [0.15, 0.2) is 0 Å². The van der Waals surface area contributed by atoms with Gasteiger partial charge in [-0.15, -0.1) is 0 Å². The van der Waals surface area contributed by atoms with E-state index in [9.17, 15) is 9.18 Å². The predicted octanol–water partition coefficient (Wildman–Crippen LogP) is 2.90. The molecule has 0 fully saturated rings. The molecule has 0 bridgehead atoms. The summed E-state index contributed by atoms with van der Waals surface area (Å²) in [6, 6.07) is 3.03. The van der Waals surface area contributed by atoms with E-state index >= 15 is 0 Å². The standard InChI is InChI=1S/C14H15FN2O2/c1-4-19-14(18)10-7-17-12-6-11(15)8(2)5-9(12)13(10)16-3/h5-7H,4H2,1-3H3,(H,16,17). The Kier molecular flexibility index (Phi) is 3.64. The van der Waals surface area contributed by atoms with Crippen molar-refractivity contribution in [2.45, 2.75) is 13.8 Å². The van der Waals surface area contributed by atoms with Crippen molar-refractivity contribution in [3.8, 4) is 0 Å². The number of aromatic nitrogens is 1. The van der Waals surface area contributed by atoms with Crippen LogP contribution in [0.4, 0.5) is 10.1 Å². The van der Waals surface area contributed by atoms with E-state index in [1.54, 1.807) is 27.0 Å². The van der Waals surface area contributed by atoms with Crippen LogP contribution in [0.3, 0.4) is 0 Å². The lowest BCUT2D eigenvalue weighted by Gasteiger charge is -2.12. The molecule has 2 rings (SSSR count). The summed E-state index contributed by atoms with van der Waals surface area (Å²) in [7, 11) is 1.70. The number of esters is 1. The topological polar surface area (TPSA) is 51.2 Å². The van der Waals surface area contributed by atoms with Gasteiger partial charge in [0.05, 0.1) is 17.8 Å². The molecule has 5 heteroatoms. The molecule has 0 saturated heterocycles.